The van der Waals surface area contributed by atoms with E-state index in [9.17, 15) is 0 Å². The Bertz CT molecular complexity index is 2790. The average molecular weight is 706 g/mol. The van der Waals surface area contributed by atoms with Gasteiger partial charge in [0.15, 0.2) is 0 Å². The summed E-state index contributed by atoms with van der Waals surface area (Å²) in [4.78, 5) is 4.14. The second-order valence-electron chi connectivity index (χ2n) is 13.7. The van der Waals surface area contributed by atoms with Crippen molar-refractivity contribution in [3.05, 3.63) is 224 Å². The zero-order valence-corrected chi connectivity index (χ0v) is 30.4. The van der Waals surface area contributed by atoms with Crippen LogP contribution in [0.5, 0.6) is 0 Å². The molecule has 2 aromatic heterocycles. The van der Waals surface area contributed by atoms with Gasteiger partial charge in [0.25, 0.3) is 0 Å². The zero-order valence-electron chi connectivity index (χ0n) is 30.4. The van der Waals surface area contributed by atoms with Gasteiger partial charge in [0.1, 0.15) is 0 Å². The molecule has 2 heterocycles. The fraction of sp³-hybridized carbons (Fsp3) is 0.0192. The number of pyridine rings is 1. The number of para-hydroxylation sites is 1. The van der Waals surface area contributed by atoms with Gasteiger partial charge >= 0.3 is 0 Å². The lowest BCUT2D eigenvalue weighted by atomic mass is 9.80. The molecule has 0 aliphatic carbocycles. The molecule has 0 radical (unpaired) electrons. The van der Waals surface area contributed by atoms with E-state index in [-0.39, 0.29) is 0 Å². The minimum absolute atomic E-state index is 0.710. The van der Waals surface area contributed by atoms with Gasteiger partial charge in [-0.1, -0.05) is 158 Å². The van der Waals surface area contributed by atoms with Crippen LogP contribution in [-0.4, -0.2) is 9.55 Å². The maximum atomic E-state index is 6.91. The Balaban J connectivity index is 1.45. The predicted molar refractivity (Wildman–Crippen MR) is 232 cm³/mol. The molecule has 55 heavy (non-hydrogen) atoms. The molecule has 0 aliphatic rings. The Hall–Kier alpha value is -7.23. The second-order valence-corrected chi connectivity index (χ2v) is 13.7. The van der Waals surface area contributed by atoms with Crippen molar-refractivity contribution >= 4 is 27.5 Å². The molecule has 0 saturated heterocycles. The van der Waals surface area contributed by atoms with Gasteiger partial charge in [0.2, 0.25) is 0 Å². The van der Waals surface area contributed by atoms with E-state index in [4.69, 9.17) is 5.73 Å². The van der Waals surface area contributed by atoms with Crippen molar-refractivity contribution in [2.24, 2.45) is 5.73 Å². The zero-order chi connectivity index (χ0) is 37.0. The Morgan fingerprint density at radius 3 is 1.58 bits per heavy atom. The molecular formula is C52H39N3. The van der Waals surface area contributed by atoms with Crippen LogP contribution in [0.1, 0.15) is 11.1 Å². The standard InChI is InChI=1S/C52H39N3/c53-45(29-17-16-18-37-32-34-54-35-33-37)42-30-31-46-44(36-42)51-49(40-23-10-3-11-24-40)47(38-19-6-1-7-20-38)48(39-21-8-2-9-22-39)50(41-25-12-4-13-26-41)52(51)55(46)43-27-14-5-15-28-43/h1-17,19-36H,18,53H2/b17-16-,45-29-. The number of hydrogen-bond acceptors (Lipinski definition) is 2. The van der Waals surface area contributed by atoms with Gasteiger partial charge in [-0.25, -0.2) is 0 Å². The average Bonchev–Trinajstić information content (AvgIpc) is 3.60. The van der Waals surface area contributed by atoms with Crippen LogP contribution in [-0.2, 0) is 6.42 Å². The van der Waals surface area contributed by atoms with Crippen LogP contribution in [0.3, 0.4) is 0 Å². The summed E-state index contributed by atoms with van der Waals surface area (Å²) in [5, 5.41) is 2.33. The summed E-state index contributed by atoms with van der Waals surface area (Å²) in [6.07, 6.45) is 10.7. The van der Waals surface area contributed by atoms with Crippen molar-refractivity contribution in [1.29, 1.82) is 0 Å². The van der Waals surface area contributed by atoms with Crippen molar-refractivity contribution in [3.63, 3.8) is 0 Å². The summed E-state index contributed by atoms with van der Waals surface area (Å²) in [7, 11) is 0. The minimum atomic E-state index is 0.710. The maximum Gasteiger partial charge on any atom is 0.0632 e. The summed E-state index contributed by atoms with van der Waals surface area (Å²) in [6, 6.07) is 65.0. The first-order valence-electron chi connectivity index (χ1n) is 18.7. The number of nitrogens with zero attached hydrogens (tertiary/aromatic N) is 2. The van der Waals surface area contributed by atoms with E-state index < -0.39 is 0 Å². The Labute approximate surface area is 322 Å². The molecule has 0 atom stereocenters. The number of hydrogen-bond donors (Lipinski definition) is 1. The quantitative estimate of drug-likeness (QED) is 0.152. The van der Waals surface area contributed by atoms with Gasteiger partial charge in [-0.2, -0.15) is 0 Å². The number of allylic oxidation sites excluding steroid dienone is 3. The van der Waals surface area contributed by atoms with Crippen molar-refractivity contribution in [1.82, 2.24) is 9.55 Å². The largest absolute Gasteiger partial charge is 0.398 e. The highest BCUT2D eigenvalue weighted by Gasteiger charge is 2.29. The van der Waals surface area contributed by atoms with Crippen LogP contribution in [0.15, 0.2) is 213 Å². The fourth-order valence-electron chi connectivity index (χ4n) is 7.86. The van der Waals surface area contributed by atoms with Crippen LogP contribution >= 0.6 is 0 Å². The number of benzene rings is 7. The SMILES string of the molecule is N/C(=C\C=C/Cc1ccncc1)c1ccc2c(c1)c1c(-c3ccccc3)c(-c3ccccc3)c(-c3ccccc3)c(-c3ccccc3)c1n2-c1ccccc1. The van der Waals surface area contributed by atoms with Gasteiger partial charge in [0, 0.05) is 51.2 Å². The third-order valence-corrected chi connectivity index (χ3v) is 10.3. The Kier molecular flexibility index (Phi) is 9.17. The van der Waals surface area contributed by atoms with Gasteiger partial charge in [-0.3, -0.25) is 4.98 Å². The van der Waals surface area contributed by atoms with Gasteiger partial charge in [0.05, 0.1) is 11.0 Å². The van der Waals surface area contributed by atoms with E-state index in [1.807, 2.05) is 30.6 Å². The predicted octanol–water partition coefficient (Wildman–Crippen LogP) is 12.9. The van der Waals surface area contributed by atoms with Gasteiger partial charge < -0.3 is 10.3 Å². The summed E-state index contributed by atoms with van der Waals surface area (Å²) >= 11 is 0. The van der Waals surface area contributed by atoms with Crippen LogP contribution in [0.2, 0.25) is 0 Å². The molecule has 2 N–H and O–H groups in total. The topological polar surface area (TPSA) is 43.8 Å². The number of nitrogens with two attached hydrogens (primary N) is 1. The first-order valence-corrected chi connectivity index (χ1v) is 18.7. The van der Waals surface area contributed by atoms with Crippen molar-refractivity contribution in [2.75, 3.05) is 0 Å². The van der Waals surface area contributed by atoms with Crippen LogP contribution in [0.4, 0.5) is 0 Å². The van der Waals surface area contributed by atoms with Crippen LogP contribution in [0, 0.1) is 0 Å². The first-order chi connectivity index (χ1) is 27.3. The highest BCUT2D eigenvalue weighted by atomic mass is 15.0. The van der Waals surface area contributed by atoms with Crippen molar-refractivity contribution in [2.45, 2.75) is 6.42 Å². The lowest BCUT2D eigenvalue weighted by molar-refractivity contribution is 1.18. The lowest BCUT2D eigenvalue weighted by Gasteiger charge is -2.24. The molecule has 9 rings (SSSR count). The molecular weight excluding hydrogens is 667 g/mol. The third-order valence-electron chi connectivity index (χ3n) is 10.3. The highest BCUT2D eigenvalue weighted by molar-refractivity contribution is 6.26. The summed E-state index contributed by atoms with van der Waals surface area (Å²) in [6.45, 7) is 0. The number of rotatable bonds is 9. The van der Waals surface area contributed by atoms with Crippen LogP contribution < -0.4 is 5.73 Å². The lowest BCUT2D eigenvalue weighted by Crippen LogP contribution is -2.00. The van der Waals surface area contributed by atoms with E-state index >= 15 is 0 Å². The summed E-state index contributed by atoms with van der Waals surface area (Å²) in [5.41, 5.74) is 22.6. The number of fused-ring (bicyclic) bond motifs is 3. The Morgan fingerprint density at radius 1 is 0.527 bits per heavy atom. The van der Waals surface area contributed by atoms with Gasteiger partial charge in [-0.05, 0) is 87.8 Å². The summed E-state index contributed by atoms with van der Waals surface area (Å²) in [5.74, 6) is 0. The molecule has 0 aliphatic heterocycles. The molecule has 0 unspecified atom stereocenters. The van der Waals surface area contributed by atoms with E-state index in [1.54, 1.807) is 0 Å². The smallest absolute Gasteiger partial charge is 0.0632 e. The van der Waals surface area contributed by atoms with Crippen LogP contribution in [0.25, 0.3) is 77.7 Å². The van der Waals surface area contributed by atoms with Crippen molar-refractivity contribution in [3.8, 4) is 50.2 Å². The molecule has 3 nitrogen and oxygen atoms in total. The maximum absolute atomic E-state index is 6.91. The second kappa shape index (κ2) is 15.0. The first kappa shape index (κ1) is 33.6. The molecule has 7 aromatic carbocycles. The van der Waals surface area contributed by atoms with E-state index in [0.29, 0.717) is 5.70 Å². The van der Waals surface area contributed by atoms with E-state index in [1.165, 1.54) is 33.2 Å². The molecule has 0 spiro atoms. The molecule has 0 saturated carbocycles. The molecule has 0 amide bonds. The monoisotopic (exact) mass is 705 g/mol. The number of aromatic nitrogens is 2. The Morgan fingerprint density at radius 2 is 1.02 bits per heavy atom. The summed E-state index contributed by atoms with van der Waals surface area (Å²) < 4.78 is 2.46. The van der Waals surface area contributed by atoms with Gasteiger partial charge in [-0.15, -0.1) is 0 Å². The third kappa shape index (κ3) is 6.43. The van der Waals surface area contributed by atoms with E-state index in [0.717, 1.165) is 56.3 Å². The molecule has 262 valence electrons. The highest BCUT2D eigenvalue weighted by Crippen LogP contribution is 2.54. The fourth-order valence-corrected chi connectivity index (χ4v) is 7.86. The van der Waals surface area contributed by atoms with E-state index in [2.05, 4.69) is 192 Å². The molecule has 9 aromatic rings. The normalized spacial score (nSPS) is 11.8. The minimum Gasteiger partial charge on any atom is -0.398 e. The molecule has 0 fully saturated rings. The molecule has 3 heteroatoms. The van der Waals surface area contributed by atoms with Crippen molar-refractivity contribution < 1.29 is 0 Å². The molecule has 0 bridgehead atoms.